The maximum atomic E-state index is 12.8. The summed E-state index contributed by atoms with van der Waals surface area (Å²) in [7, 11) is 0. The molecule has 0 unspecified atom stereocenters. The van der Waals surface area contributed by atoms with E-state index in [9.17, 15) is 9.59 Å². The Morgan fingerprint density at radius 1 is 1.16 bits per heavy atom. The van der Waals surface area contributed by atoms with Crippen molar-refractivity contribution in [2.75, 3.05) is 11.1 Å². The monoisotopic (exact) mass is 367 g/mol. The second-order valence-corrected chi connectivity index (χ2v) is 8.12. The Kier molecular flexibility index (Phi) is 3.33. The number of nitrogens with zero attached hydrogens (tertiary/aromatic N) is 2. The highest BCUT2D eigenvalue weighted by Crippen LogP contribution is 2.48. The third-order valence-electron chi connectivity index (χ3n) is 4.52. The normalized spacial score (nSPS) is 21.4. The highest BCUT2D eigenvalue weighted by molar-refractivity contribution is 7.99. The smallest absolute Gasteiger partial charge is 0.256 e. The molecular formula is C18H13N3O2S2. The third-order valence-corrected chi connectivity index (χ3v) is 6.78. The van der Waals surface area contributed by atoms with E-state index in [-0.39, 0.29) is 17.2 Å². The van der Waals surface area contributed by atoms with Gasteiger partial charge < -0.3 is 10.2 Å². The lowest BCUT2D eigenvalue weighted by atomic mass is 10.1. The Morgan fingerprint density at radius 2 is 1.96 bits per heavy atom. The molecule has 2 aliphatic heterocycles. The van der Waals surface area contributed by atoms with Crippen LogP contribution in [-0.4, -0.2) is 33.5 Å². The first-order chi connectivity index (χ1) is 12.2. The van der Waals surface area contributed by atoms with E-state index in [0.717, 1.165) is 15.8 Å². The summed E-state index contributed by atoms with van der Waals surface area (Å²) >= 11 is 3.08. The van der Waals surface area contributed by atoms with Crippen LogP contribution < -0.4 is 5.32 Å². The predicted molar refractivity (Wildman–Crippen MR) is 99.8 cm³/mol. The molecule has 1 N–H and O–H groups in total. The number of hydrogen-bond donors (Lipinski definition) is 1. The Labute approximate surface area is 152 Å². The Morgan fingerprint density at radius 3 is 2.84 bits per heavy atom. The van der Waals surface area contributed by atoms with Gasteiger partial charge in [0.1, 0.15) is 11.4 Å². The molecule has 5 nitrogen and oxygen atoms in total. The predicted octanol–water partition coefficient (Wildman–Crippen LogP) is 3.50. The van der Waals surface area contributed by atoms with Gasteiger partial charge >= 0.3 is 0 Å². The van der Waals surface area contributed by atoms with Gasteiger partial charge in [-0.2, -0.15) is 0 Å². The molecule has 3 aromatic rings. The van der Waals surface area contributed by atoms with Crippen molar-refractivity contribution in [1.82, 2.24) is 9.88 Å². The van der Waals surface area contributed by atoms with E-state index in [1.54, 1.807) is 16.7 Å². The van der Waals surface area contributed by atoms with E-state index in [1.807, 2.05) is 48.5 Å². The van der Waals surface area contributed by atoms with Crippen molar-refractivity contribution < 1.29 is 9.59 Å². The van der Waals surface area contributed by atoms with Crippen LogP contribution in [0.1, 0.15) is 21.3 Å². The topological polar surface area (TPSA) is 62.3 Å². The van der Waals surface area contributed by atoms with E-state index in [1.165, 1.54) is 11.3 Å². The lowest BCUT2D eigenvalue weighted by Gasteiger charge is -2.22. The molecule has 3 heterocycles. The summed E-state index contributed by atoms with van der Waals surface area (Å²) in [6.07, 6.45) is 0. The number of fused-ring (bicyclic) bond motifs is 4. The van der Waals surface area contributed by atoms with Crippen molar-refractivity contribution in [3.8, 4) is 0 Å². The molecular weight excluding hydrogens is 354 g/mol. The second kappa shape index (κ2) is 5.57. The molecule has 1 fully saturated rings. The number of amides is 2. The van der Waals surface area contributed by atoms with Crippen molar-refractivity contribution in [1.29, 1.82) is 0 Å². The van der Waals surface area contributed by atoms with E-state index in [0.29, 0.717) is 16.4 Å². The van der Waals surface area contributed by atoms with Crippen LogP contribution in [0.5, 0.6) is 0 Å². The lowest BCUT2D eigenvalue weighted by molar-refractivity contribution is -0.119. The van der Waals surface area contributed by atoms with Crippen LogP contribution in [0.3, 0.4) is 0 Å². The number of para-hydroxylation sites is 1. The number of hydrogen-bond acceptors (Lipinski definition) is 5. The van der Waals surface area contributed by atoms with Crippen molar-refractivity contribution in [3.63, 3.8) is 0 Å². The first kappa shape index (κ1) is 14.9. The number of aromatic nitrogens is 1. The highest BCUT2D eigenvalue weighted by Gasteiger charge is 2.48. The summed E-state index contributed by atoms with van der Waals surface area (Å²) in [6, 6.07) is 14.9. The van der Waals surface area contributed by atoms with Crippen molar-refractivity contribution in [2.24, 2.45) is 0 Å². The number of thioether (sulfide) groups is 1. The van der Waals surface area contributed by atoms with E-state index < -0.39 is 6.04 Å². The van der Waals surface area contributed by atoms with Gasteiger partial charge in [0.15, 0.2) is 5.13 Å². The first-order valence-electron chi connectivity index (χ1n) is 7.92. The summed E-state index contributed by atoms with van der Waals surface area (Å²) in [6.45, 7) is 0. The zero-order valence-electron chi connectivity index (χ0n) is 13.0. The molecule has 2 aromatic carbocycles. The molecule has 0 bridgehead atoms. The largest absolute Gasteiger partial charge is 0.310 e. The quantitative estimate of drug-likeness (QED) is 0.753. The molecule has 1 aromatic heterocycles. The van der Waals surface area contributed by atoms with Crippen molar-refractivity contribution >= 4 is 50.3 Å². The average molecular weight is 367 g/mol. The van der Waals surface area contributed by atoms with Crippen LogP contribution in [0.15, 0.2) is 48.5 Å². The van der Waals surface area contributed by atoms with Crippen LogP contribution in [0.2, 0.25) is 0 Å². The fraction of sp³-hybridized carbons (Fsp3) is 0.167. The Bertz CT molecular complexity index is 983. The molecule has 0 radical (unpaired) electrons. The van der Waals surface area contributed by atoms with Crippen LogP contribution in [0, 0.1) is 0 Å². The number of thiazole rings is 1. The van der Waals surface area contributed by atoms with Gasteiger partial charge in [0.2, 0.25) is 5.91 Å². The van der Waals surface area contributed by atoms with Gasteiger partial charge in [0, 0.05) is 11.3 Å². The number of carbonyl (C=O) groups is 2. The van der Waals surface area contributed by atoms with E-state index >= 15 is 0 Å². The zero-order valence-corrected chi connectivity index (χ0v) is 14.6. The molecule has 0 aliphatic carbocycles. The lowest BCUT2D eigenvalue weighted by Crippen LogP contribution is -2.42. The summed E-state index contributed by atoms with van der Waals surface area (Å²) in [5.74, 6) is 0.367. The van der Waals surface area contributed by atoms with Crippen LogP contribution in [-0.2, 0) is 4.79 Å². The Hall–Kier alpha value is -2.38. The van der Waals surface area contributed by atoms with Gasteiger partial charge in [-0.3, -0.25) is 9.59 Å². The van der Waals surface area contributed by atoms with Gasteiger partial charge in [-0.15, -0.1) is 11.8 Å². The summed E-state index contributed by atoms with van der Waals surface area (Å²) in [5, 5.41) is 3.41. The molecule has 124 valence electrons. The number of benzene rings is 2. The van der Waals surface area contributed by atoms with Gasteiger partial charge in [0.05, 0.1) is 10.2 Å². The van der Waals surface area contributed by atoms with E-state index in [4.69, 9.17) is 0 Å². The van der Waals surface area contributed by atoms with Crippen LogP contribution in [0.25, 0.3) is 10.2 Å². The maximum Gasteiger partial charge on any atom is 0.256 e. The molecule has 2 amide bonds. The molecule has 2 aliphatic rings. The molecule has 0 spiro atoms. The summed E-state index contributed by atoms with van der Waals surface area (Å²) in [5.41, 5.74) is 2.58. The molecule has 25 heavy (non-hydrogen) atoms. The molecule has 2 atom stereocenters. The molecule has 0 saturated carbocycles. The molecule has 5 rings (SSSR count). The third kappa shape index (κ3) is 2.26. The first-order valence-corrected chi connectivity index (χ1v) is 9.78. The van der Waals surface area contributed by atoms with Gasteiger partial charge in [0.25, 0.3) is 5.91 Å². The van der Waals surface area contributed by atoms with Gasteiger partial charge in [-0.25, -0.2) is 4.98 Å². The standard InChI is InChI=1S/C18H13N3O2S2/c22-15(20-18-19-12-7-3-4-8-14(12)25-18)13-9-24-17-11-6-2-1-5-10(11)16(23)21(13)17/h1-8,13,17H,9H2,(H,19,20,22)/t13-,17-/m1/s1. The summed E-state index contributed by atoms with van der Waals surface area (Å²) < 4.78 is 1.03. The maximum absolute atomic E-state index is 12.8. The second-order valence-electron chi connectivity index (χ2n) is 5.98. The van der Waals surface area contributed by atoms with Crippen molar-refractivity contribution in [2.45, 2.75) is 11.4 Å². The highest BCUT2D eigenvalue weighted by atomic mass is 32.2. The number of anilines is 1. The minimum Gasteiger partial charge on any atom is -0.310 e. The Balaban J connectivity index is 1.41. The summed E-state index contributed by atoms with van der Waals surface area (Å²) in [4.78, 5) is 31.6. The number of nitrogens with one attached hydrogen (secondary N) is 1. The van der Waals surface area contributed by atoms with Crippen LogP contribution >= 0.6 is 23.1 Å². The number of carbonyl (C=O) groups excluding carboxylic acids is 2. The fourth-order valence-electron chi connectivity index (χ4n) is 3.36. The minimum atomic E-state index is -0.470. The molecule has 1 saturated heterocycles. The van der Waals surface area contributed by atoms with Gasteiger partial charge in [-0.1, -0.05) is 41.7 Å². The van der Waals surface area contributed by atoms with Gasteiger partial charge in [-0.05, 0) is 23.8 Å². The average Bonchev–Trinajstić information content (AvgIpc) is 3.30. The number of rotatable bonds is 2. The minimum absolute atomic E-state index is 0.0601. The molecule has 7 heteroatoms. The zero-order chi connectivity index (χ0) is 17.0. The fourth-order valence-corrected chi connectivity index (χ4v) is 5.69. The van der Waals surface area contributed by atoms with E-state index in [2.05, 4.69) is 10.3 Å². The van der Waals surface area contributed by atoms with Crippen LogP contribution in [0.4, 0.5) is 5.13 Å². The SMILES string of the molecule is O=C(Nc1nc2ccccc2s1)[C@H]1CS[C@@H]2c3ccccc3C(=O)N12. The van der Waals surface area contributed by atoms with Crippen molar-refractivity contribution in [3.05, 3.63) is 59.7 Å².